The predicted octanol–water partition coefficient (Wildman–Crippen LogP) is 15.7. The van der Waals surface area contributed by atoms with Crippen LogP contribution in [0.2, 0.25) is 0 Å². The lowest BCUT2D eigenvalue weighted by Gasteiger charge is -2.30. The highest BCUT2D eigenvalue weighted by Gasteiger charge is 2.39. The quantitative estimate of drug-likeness (QED) is 0.152. The second kappa shape index (κ2) is 14.6. The smallest absolute Gasteiger partial charge is 0.147 e. The number of hydrogen-bond acceptors (Lipinski definition) is 2. The third kappa shape index (κ3) is 6.25. The minimum atomic E-state index is -0.463. The van der Waals surface area contributed by atoms with Gasteiger partial charge in [-0.15, -0.1) is 0 Å². The number of benzene rings is 9. The van der Waals surface area contributed by atoms with Gasteiger partial charge < -0.3 is 9.80 Å². The average molecular weight is 767 g/mol. The normalized spacial score (nSPS) is 12.5. The molecule has 0 atom stereocenters. The molecule has 0 N–H and O–H groups in total. The first-order valence-electron chi connectivity index (χ1n) is 20.0. The minimum absolute atomic E-state index is 0.307. The van der Waals surface area contributed by atoms with Crippen molar-refractivity contribution in [3.63, 3.8) is 0 Å². The highest BCUT2D eigenvalue weighted by molar-refractivity contribution is 6.10. The van der Waals surface area contributed by atoms with Crippen molar-refractivity contribution in [1.82, 2.24) is 0 Å². The fraction of sp³-hybridized carbons (Fsp3) is 0.0545. The summed E-state index contributed by atoms with van der Waals surface area (Å²) in [4.78, 5) is 4.06. The van der Waals surface area contributed by atoms with Gasteiger partial charge in [-0.05, 0) is 117 Å². The van der Waals surface area contributed by atoms with E-state index in [-0.39, 0.29) is 11.6 Å². The highest BCUT2D eigenvalue weighted by atomic mass is 19.1. The first kappa shape index (κ1) is 36.1. The maximum atomic E-state index is 16.7. The van der Waals surface area contributed by atoms with E-state index in [0.717, 1.165) is 78.0 Å². The second-order valence-electron chi connectivity index (χ2n) is 15.6. The Hall–Kier alpha value is -7.30. The van der Waals surface area contributed by atoms with E-state index < -0.39 is 5.41 Å². The van der Waals surface area contributed by atoms with E-state index in [9.17, 15) is 0 Å². The van der Waals surface area contributed by atoms with Gasteiger partial charge in [-0.25, -0.2) is 8.78 Å². The van der Waals surface area contributed by atoms with E-state index in [0.29, 0.717) is 11.4 Å². The Labute approximate surface area is 343 Å². The Morgan fingerprint density at radius 2 is 0.831 bits per heavy atom. The van der Waals surface area contributed by atoms with Crippen molar-refractivity contribution < 1.29 is 8.78 Å². The number of para-hydroxylation sites is 2. The molecule has 284 valence electrons. The molecule has 10 rings (SSSR count). The van der Waals surface area contributed by atoms with Crippen molar-refractivity contribution in [3.05, 3.63) is 229 Å². The topological polar surface area (TPSA) is 6.48 Å². The lowest BCUT2D eigenvalue weighted by molar-refractivity contribution is 0.629. The largest absolute Gasteiger partial charge is 0.308 e. The molecular formula is C55H40F2N2. The molecule has 0 bridgehead atoms. The van der Waals surface area contributed by atoms with E-state index in [2.05, 4.69) is 67.3 Å². The Morgan fingerprint density at radius 3 is 1.37 bits per heavy atom. The number of hydrogen-bond donors (Lipinski definition) is 0. The Kier molecular flexibility index (Phi) is 8.91. The fourth-order valence-corrected chi connectivity index (χ4v) is 8.86. The summed E-state index contributed by atoms with van der Waals surface area (Å²) in [6.07, 6.45) is 0. The van der Waals surface area contributed by atoms with Gasteiger partial charge in [0.1, 0.15) is 11.6 Å². The maximum absolute atomic E-state index is 16.7. The SMILES string of the molecule is CC1(C)c2cc(N(c3ccccc3)c3ccc(-c4ccccc4)cc3F)ccc2-c2c1cc(N(c1ccccc1)c1ccc(-c3ccccc3)cc1F)c1ccccc21. The van der Waals surface area contributed by atoms with Crippen molar-refractivity contribution in [3.8, 4) is 33.4 Å². The van der Waals surface area contributed by atoms with Crippen molar-refractivity contribution in [1.29, 1.82) is 0 Å². The Balaban J connectivity index is 1.13. The molecule has 2 nitrogen and oxygen atoms in total. The van der Waals surface area contributed by atoms with Gasteiger partial charge in [0, 0.05) is 27.9 Å². The van der Waals surface area contributed by atoms with Gasteiger partial charge in [0.15, 0.2) is 0 Å². The van der Waals surface area contributed by atoms with E-state index in [1.165, 1.54) is 0 Å². The molecule has 0 unspecified atom stereocenters. The van der Waals surface area contributed by atoms with Gasteiger partial charge in [-0.1, -0.05) is 153 Å². The van der Waals surface area contributed by atoms with Crippen LogP contribution < -0.4 is 9.80 Å². The van der Waals surface area contributed by atoms with E-state index in [1.54, 1.807) is 12.1 Å². The molecule has 9 aromatic rings. The monoisotopic (exact) mass is 766 g/mol. The summed E-state index contributed by atoms with van der Waals surface area (Å²) in [7, 11) is 0. The fourth-order valence-electron chi connectivity index (χ4n) is 8.86. The van der Waals surface area contributed by atoms with Gasteiger partial charge >= 0.3 is 0 Å². The van der Waals surface area contributed by atoms with Crippen molar-refractivity contribution in [2.75, 3.05) is 9.80 Å². The summed E-state index contributed by atoms with van der Waals surface area (Å²) in [5.74, 6) is -0.615. The van der Waals surface area contributed by atoms with Crippen molar-refractivity contribution in [2.24, 2.45) is 0 Å². The van der Waals surface area contributed by atoms with Crippen LogP contribution in [0.5, 0.6) is 0 Å². The van der Waals surface area contributed by atoms with Crippen molar-refractivity contribution >= 4 is 44.9 Å². The third-order valence-corrected chi connectivity index (χ3v) is 11.8. The zero-order valence-electron chi connectivity index (χ0n) is 32.8. The van der Waals surface area contributed by atoms with Crippen molar-refractivity contribution in [2.45, 2.75) is 19.3 Å². The summed E-state index contributed by atoms with van der Waals surface area (Å²) in [5.41, 5.74) is 12.1. The molecule has 0 heterocycles. The van der Waals surface area contributed by atoms with Gasteiger partial charge in [-0.3, -0.25) is 0 Å². The predicted molar refractivity (Wildman–Crippen MR) is 242 cm³/mol. The molecule has 0 radical (unpaired) electrons. The van der Waals surface area contributed by atoms with E-state index in [1.807, 2.05) is 150 Å². The van der Waals surface area contributed by atoms with Crippen LogP contribution in [0.1, 0.15) is 25.0 Å². The first-order valence-corrected chi connectivity index (χ1v) is 20.0. The molecule has 0 aromatic heterocycles. The average Bonchev–Trinajstić information content (AvgIpc) is 3.51. The number of anilines is 6. The summed E-state index contributed by atoms with van der Waals surface area (Å²) < 4.78 is 33.1. The van der Waals surface area contributed by atoms with Gasteiger partial charge in [0.05, 0.1) is 17.1 Å². The summed E-state index contributed by atoms with van der Waals surface area (Å²) in [6.45, 7) is 4.51. The zero-order valence-corrected chi connectivity index (χ0v) is 32.8. The Bertz CT molecular complexity index is 2980. The summed E-state index contributed by atoms with van der Waals surface area (Å²) in [5, 5.41) is 2.10. The first-order chi connectivity index (χ1) is 28.9. The minimum Gasteiger partial charge on any atom is -0.308 e. The van der Waals surface area contributed by atoms with Crippen LogP contribution >= 0.6 is 0 Å². The van der Waals surface area contributed by atoms with Crippen LogP contribution in [-0.2, 0) is 5.41 Å². The third-order valence-electron chi connectivity index (χ3n) is 11.8. The molecule has 0 saturated heterocycles. The number of rotatable bonds is 8. The number of fused-ring (bicyclic) bond motifs is 5. The molecule has 59 heavy (non-hydrogen) atoms. The molecular weight excluding hydrogens is 727 g/mol. The zero-order chi connectivity index (χ0) is 40.1. The van der Waals surface area contributed by atoms with Crippen LogP contribution in [0.15, 0.2) is 206 Å². The van der Waals surface area contributed by atoms with E-state index >= 15 is 8.78 Å². The molecule has 0 spiro atoms. The van der Waals surface area contributed by atoms with Crippen LogP contribution in [0.4, 0.5) is 42.9 Å². The molecule has 0 saturated carbocycles. The molecule has 0 fully saturated rings. The maximum Gasteiger partial charge on any atom is 0.147 e. The van der Waals surface area contributed by atoms with Crippen LogP contribution in [-0.4, -0.2) is 0 Å². The van der Waals surface area contributed by atoms with Gasteiger partial charge in [0.2, 0.25) is 0 Å². The van der Waals surface area contributed by atoms with Gasteiger partial charge in [-0.2, -0.15) is 0 Å². The molecule has 4 heteroatoms. The van der Waals surface area contributed by atoms with Gasteiger partial charge in [0.25, 0.3) is 0 Å². The number of nitrogens with zero attached hydrogens (tertiary/aromatic N) is 2. The van der Waals surface area contributed by atoms with E-state index in [4.69, 9.17) is 0 Å². The standard InChI is InChI=1S/C55H40F2N2/c1-55(2)47-35-43(58(41-21-11-5-12-22-41)51-31-27-39(33-49(51)56)37-17-7-3-8-18-37)29-30-46(47)54-45-26-16-15-25-44(45)53(36-48(54)55)59(42-23-13-6-14-24-42)52-32-28-40(34-50(52)57)38-19-9-4-10-20-38/h3-36H,1-2H3. The van der Waals surface area contributed by atoms with Crippen LogP contribution in [0.3, 0.4) is 0 Å². The molecule has 1 aliphatic rings. The lowest BCUT2D eigenvalue weighted by atomic mass is 9.81. The molecule has 1 aliphatic carbocycles. The molecule has 0 amide bonds. The molecule has 0 aliphatic heterocycles. The summed E-state index contributed by atoms with van der Waals surface area (Å²) >= 11 is 0. The molecule has 9 aromatic carbocycles. The Morgan fingerprint density at radius 1 is 0.356 bits per heavy atom. The van der Waals surface area contributed by atoms with Crippen LogP contribution in [0.25, 0.3) is 44.2 Å². The summed E-state index contributed by atoms with van der Waals surface area (Å²) in [6, 6.07) is 68.0. The number of halogens is 2. The highest BCUT2D eigenvalue weighted by Crippen LogP contribution is 2.56. The lowest BCUT2D eigenvalue weighted by Crippen LogP contribution is -2.18. The van der Waals surface area contributed by atoms with Crippen LogP contribution in [0, 0.1) is 11.6 Å². The second-order valence-corrected chi connectivity index (χ2v) is 15.6.